The number of nitrogens with one attached hydrogen (secondary N) is 1. The minimum absolute atomic E-state index is 0.0211. The molecule has 4 rings (SSSR count). The second-order valence-electron chi connectivity index (χ2n) is 10.4. The molecule has 2 aromatic rings. The van der Waals surface area contributed by atoms with Crippen LogP contribution in [-0.2, 0) is 19.8 Å². The van der Waals surface area contributed by atoms with E-state index in [1.807, 2.05) is 30.3 Å². The first kappa shape index (κ1) is 29.5. The van der Waals surface area contributed by atoms with E-state index in [4.69, 9.17) is 32.7 Å². The minimum Gasteiger partial charge on any atom is -0.444 e. The third-order valence-corrected chi connectivity index (χ3v) is 8.13. The molecule has 13 heteroatoms. The van der Waals surface area contributed by atoms with Crippen molar-refractivity contribution in [3.8, 4) is 0 Å². The van der Waals surface area contributed by atoms with Crippen molar-refractivity contribution in [2.24, 2.45) is 10.3 Å². The summed E-state index contributed by atoms with van der Waals surface area (Å²) in [6, 6.07) is 12.1. The van der Waals surface area contributed by atoms with Gasteiger partial charge in [0.2, 0.25) is 0 Å². The van der Waals surface area contributed by atoms with Gasteiger partial charge >= 0.3 is 6.09 Å². The van der Waals surface area contributed by atoms with Crippen LogP contribution in [0.15, 0.2) is 46.8 Å². The van der Waals surface area contributed by atoms with Gasteiger partial charge in [0.05, 0.1) is 34.4 Å². The number of nitrogens with zero attached hydrogens (tertiary/aromatic N) is 3. The van der Waals surface area contributed by atoms with Gasteiger partial charge in [0.25, 0.3) is 16.2 Å². The van der Waals surface area contributed by atoms with E-state index in [0.717, 1.165) is 9.87 Å². The van der Waals surface area contributed by atoms with Crippen LogP contribution >= 0.6 is 23.2 Å². The van der Waals surface area contributed by atoms with Crippen molar-refractivity contribution in [2.75, 3.05) is 39.3 Å². The fourth-order valence-electron chi connectivity index (χ4n) is 4.24. The smallest absolute Gasteiger partial charge is 0.407 e. The average molecular weight is 602 g/mol. The number of carbonyl (C=O) groups is 2. The Bertz CT molecular complexity index is 1320. The van der Waals surface area contributed by atoms with Gasteiger partial charge in [-0.15, -0.1) is 3.89 Å². The lowest BCUT2D eigenvalue weighted by molar-refractivity contribution is -0.0228. The summed E-state index contributed by atoms with van der Waals surface area (Å²) in [6.07, 6.45) is -0.857. The molecule has 0 saturated carbocycles. The highest BCUT2D eigenvalue weighted by molar-refractivity contribution is 7.86. The monoisotopic (exact) mass is 600 g/mol. The Hall–Kier alpha value is -2.44. The van der Waals surface area contributed by atoms with Crippen LogP contribution in [0.4, 0.5) is 14.4 Å². The molecule has 0 spiro atoms. The minimum atomic E-state index is -4.27. The Morgan fingerprint density at radius 1 is 1.15 bits per heavy atom. The van der Waals surface area contributed by atoms with Gasteiger partial charge in [-0.3, -0.25) is 4.79 Å². The molecule has 0 bridgehead atoms. The fourth-order valence-corrected chi connectivity index (χ4v) is 6.15. The lowest BCUT2D eigenvalue weighted by atomic mass is 10.0. The van der Waals surface area contributed by atoms with E-state index in [2.05, 4.69) is 9.68 Å². The predicted molar refractivity (Wildman–Crippen MR) is 148 cm³/mol. The summed E-state index contributed by atoms with van der Waals surface area (Å²) >= 11 is 12.8. The van der Waals surface area contributed by atoms with Gasteiger partial charge in [0.15, 0.2) is 0 Å². The normalized spacial score (nSPS) is 20.1. The van der Waals surface area contributed by atoms with E-state index in [1.54, 1.807) is 25.7 Å². The maximum absolute atomic E-state index is 15.0. The maximum atomic E-state index is 15.0. The Morgan fingerprint density at radius 3 is 2.41 bits per heavy atom. The van der Waals surface area contributed by atoms with Crippen LogP contribution in [0.5, 0.6) is 0 Å². The summed E-state index contributed by atoms with van der Waals surface area (Å²) in [5.41, 5.74) is 0.340. The Morgan fingerprint density at radius 2 is 1.79 bits per heavy atom. The standard InChI is InChI=1S/C26H31Cl2FN4O5S/c1-26(2,3)38-25(35)30-13-17-14-33(15-17)39(29,36)31-19-11-20(27)23(21(28)12-19)24(34)32-9-10-37-22(16-32)18-7-5-4-6-8-18/h4-8,11-12,17,22H,9-10,13-16H2,1-3H3,(H,30,35)/t22-,39?/m1/s1. The summed E-state index contributed by atoms with van der Waals surface area (Å²) in [7, 11) is -4.27. The maximum Gasteiger partial charge on any atom is 0.407 e. The van der Waals surface area contributed by atoms with Crippen LogP contribution in [0, 0.1) is 5.92 Å². The highest BCUT2D eigenvalue weighted by Crippen LogP contribution is 2.35. The number of ether oxygens (including phenoxy) is 2. The average Bonchev–Trinajstić information content (AvgIpc) is 2.81. The zero-order valence-electron chi connectivity index (χ0n) is 21.9. The number of carbonyl (C=O) groups excluding carboxylic acids is 2. The molecule has 2 saturated heterocycles. The molecule has 39 heavy (non-hydrogen) atoms. The molecule has 1 unspecified atom stereocenters. The molecule has 1 N–H and O–H groups in total. The van der Waals surface area contributed by atoms with E-state index >= 15 is 3.89 Å². The number of benzene rings is 2. The van der Waals surface area contributed by atoms with Gasteiger partial charge in [-0.2, -0.15) is 12.9 Å². The zero-order chi connectivity index (χ0) is 28.4. The molecule has 2 heterocycles. The van der Waals surface area contributed by atoms with Crippen molar-refractivity contribution in [1.82, 2.24) is 14.5 Å². The number of halogens is 3. The van der Waals surface area contributed by atoms with Gasteiger partial charge < -0.3 is 19.7 Å². The molecule has 2 amide bonds. The molecule has 0 aromatic heterocycles. The summed E-state index contributed by atoms with van der Waals surface area (Å²) in [4.78, 5) is 26.7. The lowest BCUT2D eigenvalue weighted by Crippen LogP contribution is -2.52. The van der Waals surface area contributed by atoms with Gasteiger partial charge in [0, 0.05) is 32.1 Å². The SMILES string of the molecule is CC(C)(C)OC(=O)NCC1CN(S(=O)(F)=Nc2cc(Cl)c(C(=O)N3CCO[C@@H](c4ccccc4)C3)c(Cl)c2)C1. The molecule has 0 radical (unpaired) electrons. The Kier molecular flexibility index (Phi) is 9.07. The van der Waals surface area contributed by atoms with Crippen molar-refractivity contribution in [3.63, 3.8) is 0 Å². The number of hydrogen-bond acceptors (Lipinski definition) is 6. The quantitative estimate of drug-likeness (QED) is 0.437. The number of alkyl carbamates (subject to hydrolysis) is 1. The molecular weight excluding hydrogens is 570 g/mol. The molecular formula is C26H31Cl2FN4O5S. The molecule has 2 fully saturated rings. The first-order valence-corrected chi connectivity index (χ1v) is 14.6. The predicted octanol–water partition coefficient (Wildman–Crippen LogP) is 5.56. The Labute approximate surface area is 238 Å². The van der Waals surface area contributed by atoms with Crippen molar-refractivity contribution in [3.05, 3.63) is 63.6 Å². The van der Waals surface area contributed by atoms with Crippen LogP contribution in [-0.4, -0.2) is 70.3 Å². The van der Waals surface area contributed by atoms with E-state index in [-0.39, 0.29) is 58.9 Å². The molecule has 2 aliphatic heterocycles. The second kappa shape index (κ2) is 12.0. The lowest BCUT2D eigenvalue weighted by Gasteiger charge is -2.37. The summed E-state index contributed by atoms with van der Waals surface area (Å²) in [5.74, 6) is -0.491. The van der Waals surface area contributed by atoms with Crippen LogP contribution < -0.4 is 5.32 Å². The van der Waals surface area contributed by atoms with E-state index in [9.17, 15) is 13.8 Å². The van der Waals surface area contributed by atoms with Crippen LogP contribution in [0.1, 0.15) is 42.8 Å². The Balaban J connectivity index is 1.39. The summed E-state index contributed by atoms with van der Waals surface area (Å²) in [6.45, 7) is 6.80. The van der Waals surface area contributed by atoms with E-state index in [1.165, 1.54) is 12.1 Å². The van der Waals surface area contributed by atoms with Gasteiger partial charge in [-0.1, -0.05) is 53.5 Å². The topological polar surface area (TPSA) is 101 Å². The first-order chi connectivity index (χ1) is 18.3. The molecule has 0 aliphatic carbocycles. The van der Waals surface area contributed by atoms with Gasteiger partial charge in [-0.25, -0.2) is 4.79 Å². The van der Waals surface area contributed by atoms with E-state index in [0.29, 0.717) is 19.7 Å². The number of amides is 2. The highest BCUT2D eigenvalue weighted by Gasteiger charge is 2.35. The third-order valence-electron chi connectivity index (χ3n) is 6.16. The van der Waals surface area contributed by atoms with E-state index < -0.39 is 22.0 Å². The molecule has 9 nitrogen and oxygen atoms in total. The number of hydrogen-bond donors (Lipinski definition) is 1. The van der Waals surface area contributed by atoms with Crippen LogP contribution in [0.2, 0.25) is 10.0 Å². The summed E-state index contributed by atoms with van der Waals surface area (Å²) < 4.78 is 43.5. The highest BCUT2D eigenvalue weighted by atomic mass is 35.5. The molecule has 2 atom stereocenters. The van der Waals surface area contributed by atoms with Gasteiger partial charge in [0.1, 0.15) is 11.7 Å². The summed E-state index contributed by atoms with van der Waals surface area (Å²) in [5, 5.41) is 2.58. The molecule has 2 aliphatic rings. The third kappa shape index (κ3) is 7.61. The zero-order valence-corrected chi connectivity index (χ0v) is 24.2. The first-order valence-electron chi connectivity index (χ1n) is 12.5. The van der Waals surface area contributed by atoms with Crippen molar-refractivity contribution < 1.29 is 27.2 Å². The van der Waals surface area contributed by atoms with Crippen LogP contribution in [0.3, 0.4) is 0 Å². The van der Waals surface area contributed by atoms with Crippen LogP contribution in [0.25, 0.3) is 0 Å². The second-order valence-corrected chi connectivity index (χ2v) is 12.8. The van der Waals surface area contributed by atoms with Gasteiger partial charge in [-0.05, 0) is 38.5 Å². The molecule has 2 aromatic carbocycles. The number of rotatable bonds is 6. The molecule has 212 valence electrons. The van der Waals surface area contributed by atoms with Crippen molar-refractivity contribution in [1.29, 1.82) is 0 Å². The van der Waals surface area contributed by atoms with Crippen molar-refractivity contribution in [2.45, 2.75) is 32.5 Å². The fraction of sp³-hybridized carbons (Fsp3) is 0.462. The largest absolute Gasteiger partial charge is 0.444 e. The number of morpholine rings is 1. The van der Waals surface area contributed by atoms with Crippen molar-refractivity contribution >= 4 is 51.2 Å².